The number of aryl methyl sites for hydroxylation is 2. The number of benzene rings is 3. The van der Waals surface area contributed by atoms with Crippen molar-refractivity contribution >= 4 is 29.1 Å². The van der Waals surface area contributed by atoms with E-state index in [-0.39, 0.29) is 17.9 Å². The average molecular weight is 486 g/mol. The van der Waals surface area contributed by atoms with Crippen LogP contribution in [0.4, 0.5) is 5.69 Å². The number of hydrogen-bond donors (Lipinski definition) is 1. The predicted molar refractivity (Wildman–Crippen MR) is 136 cm³/mol. The van der Waals surface area contributed by atoms with Crippen molar-refractivity contribution in [3.63, 3.8) is 0 Å². The molecule has 3 aromatic rings. The summed E-state index contributed by atoms with van der Waals surface area (Å²) in [5, 5.41) is 11.4. The molecule has 7 heteroatoms. The summed E-state index contributed by atoms with van der Waals surface area (Å²) >= 11 is 0. The van der Waals surface area contributed by atoms with E-state index >= 15 is 0 Å². The normalized spacial score (nSPS) is 16.8. The number of esters is 1. The van der Waals surface area contributed by atoms with Crippen LogP contribution in [0.5, 0.6) is 5.75 Å². The van der Waals surface area contributed by atoms with Crippen LogP contribution in [0.1, 0.15) is 45.6 Å². The molecule has 1 fully saturated rings. The molecule has 0 radical (unpaired) electrons. The van der Waals surface area contributed by atoms with Crippen LogP contribution in [-0.2, 0) is 14.3 Å². The first-order chi connectivity index (χ1) is 17.3. The molecule has 1 saturated heterocycles. The Morgan fingerprint density at radius 3 is 2.33 bits per heavy atom. The fourth-order valence-electron chi connectivity index (χ4n) is 4.41. The molecule has 7 nitrogen and oxygen atoms in total. The van der Waals surface area contributed by atoms with Gasteiger partial charge in [-0.15, -0.1) is 0 Å². The Morgan fingerprint density at radius 2 is 1.69 bits per heavy atom. The zero-order valence-electron chi connectivity index (χ0n) is 20.6. The zero-order chi connectivity index (χ0) is 26.0. The number of amides is 1. The Kier molecular flexibility index (Phi) is 6.92. The second-order valence-electron chi connectivity index (χ2n) is 8.50. The minimum Gasteiger partial charge on any atom is -0.507 e. The monoisotopic (exact) mass is 485 g/mol. The smallest absolute Gasteiger partial charge is 0.338 e. The highest BCUT2D eigenvalue weighted by Gasteiger charge is 2.47. The summed E-state index contributed by atoms with van der Waals surface area (Å²) in [6, 6.07) is 18.0. The molecule has 1 N–H and O–H groups in total. The van der Waals surface area contributed by atoms with Gasteiger partial charge in [0, 0.05) is 5.69 Å². The first kappa shape index (κ1) is 24.7. The molecule has 1 aliphatic rings. The topological polar surface area (TPSA) is 93.1 Å². The third-order valence-corrected chi connectivity index (χ3v) is 6.19. The van der Waals surface area contributed by atoms with Gasteiger partial charge in [0.05, 0.1) is 36.5 Å². The van der Waals surface area contributed by atoms with Gasteiger partial charge in [-0.25, -0.2) is 4.79 Å². The summed E-state index contributed by atoms with van der Waals surface area (Å²) in [5.41, 5.74) is 3.43. The highest BCUT2D eigenvalue weighted by molar-refractivity contribution is 6.51. The van der Waals surface area contributed by atoms with Crippen LogP contribution in [0.2, 0.25) is 0 Å². The lowest BCUT2D eigenvalue weighted by Gasteiger charge is -2.27. The van der Waals surface area contributed by atoms with E-state index in [0.29, 0.717) is 28.1 Å². The van der Waals surface area contributed by atoms with E-state index in [9.17, 15) is 19.5 Å². The highest BCUT2D eigenvalue weighted by atomic mass is 16.5. The molecule has 1 unspecified atom stereocenters. The molecule has 3 aromatic carbocycles. The molecule has 184 valence electrons. The summed E-state index contributed by atoms with van der Waals surface area (Å²) in [6.45, 7) is 5.70. The quantitative estimate of drug-likeness (QED) is 0.226. The van der Waals surface area contributed by atoms with Crippen LogP contribution >= 0.6 is 0 Å². The highest BCUT2D eigenvalue weighted by Crippen LogP contribution is 2.44. The Hall–Kier alpha value is -4.39. The molecule has 0 aliphatic carbocycles. The number of ketones is 1. The van der Waals surface area contributed by atoms with Gasteiger partial charge in [-0.3, -0.25) is 14.5 Å². The Morgan fingerprint density at radius 1 is 1.00 bits per heavy atom. The molecule has 1 heterocycles. The van der Waals surface area contributed by atoms with Crippen molar-refractivity contribution in [1.29, 1.82) is 0 Å². The lowest BCUT2D eigenvalue weighted by atomic mass is 9.92. The largest absolute Gasteiger partial charge is 0.507 e. The summed E-state index contributed by atoms with van der Waals surface area (Å²) in [5.74, 6) is -1.99. The van der Waals surface area contributed by atoms with Crippen molar-refractivity contribution in [2.24, 2.45) is 0 Å². The summed E-state index contributed by atoms with van der Waals surface area (Å²) in [6.07, 6.45) is 0. The van der Waals surface area contributed by atoms with E-state index in [0.717, 1.165) is 11.1 Å². The molecule has 1 atom stereocenters. The number of nitrogens with zero attached hydrogens (tertiary/aromatic N) is 1. The summed E-state index contributed by atoms with van der Waals surface area (Å²) in [4.78, 5) is 40.3. The summed E-state index contributed by atoms with van der Waals surface area (Å²) in [7, 11) is 1.48. The Bertz CT molecular complexity index is 1370. The number of ether oxygens (including phenoxy) is 2. The van der Waals surface area contributed by atoms with E-state index in [1.807, 2.05) is 44.2 Å². The van der Waals surface area contributed by atoms with Gasteiger partial charge in [0.25, 0.3) is 11.7 Å². The fraction of sp³-hybridized carbons (Fsp3) is 0.207. The number of aliphatic hydroxyl groups excluding tert-OH is 1. The maximum atomic E-state index is 13.4. The molecular weight excluding hydrogens is 458 g/mol. The van der Waals surface area contributed by atoms with E-state index in [1.165, 1.54) is 12.0 Å². The van der Waals surface area contributed by atoms with Gasteiger partial charge in [0.2, 0.25) is 0 Å². The van der Waals surface area contributed by atoms with Gasteiger partial charge in [-0.05, 0) is 68.3 Å². The molecular formula is C29H27NO6. The molecule has 0 bridgehead atoms. The molecule has 0 aromatic heterocycles. The predicted octanol–water partition coefficient (Wildman–Crippen LogP) is 5.12. The van der Waals surface area contributed by atoms with Gasteiger partial charge >= 0.3 is 5.97 Å². The van der Waals surface area contributed by atoms with Crippen molar-refractivity contribution in [2.45, 2.75) is 26.8 Å². The number of aliphatic hydroxyl groups is 1. The third kappa shape index (κ3) is 4.35. The first-order valence-corrected chi connectivity index (χ1v) is 11.6. The summed E-state index contributed by atoms with van der Waals surface area (Å²) < 4.78 is 10.5. The van der Waals surface area contributed by atoms with Crippen LogP contribution < -0.4 is 9.64 Å². The molecule has 36 heavy (non-hydrogen) atoms. The molecule has 1 aliphatic heterocycles. The standard InChI is InChI=1S/C29H27NO6/c1-5-36-29(34)19-11-13-20(14-12-19)30-25(21-9-7-6-8-18(21)3)24(27(32)28(30)33)26(31)22-16-17(2)10-15-23(22)35-4/h6-16,25,31H,5H2,1-4H3/b26-24+. The number of carbonyl (C=O) groups is 3. The van der Waals surface area contributed by atoms with Crippen LogP contribution in [-0.4, -0.2) is 36.5 Å². The van der Waals surface area contributed by atoms with E-state index in [4.69, 9.17) is 9.47 Å². The van der Waals surface area contributed by atoms with E-state index in [2.05, 4.69) is 0 Å². The number of anilines is 1. The lowest BCUT2D eigenvalue weighted by molar-refractivity contribution is -0.132. The number of hydrogen-bond acceptors (Lipinski definition) is 6. The molecule has 0 saturated carbocycles. The SMILES string of the molecule is CCOC(=O)c1ccc(N2C(=O)C(=O)/C(=C(/O)c3cc(C)ccc3OC)C2c2ccccc2C)cc1. The van der Waals surface area contributed by atoms with Crippen molar-refractivity contribution in [3.8, 4) is 5.75 Å². The van der Waals surface area contributed by atoms with Gasteiger partial charge < -0.3 is 14.6 Å². The van der Waals surface area contributed by atoms with E-state index in [1.54, 1.807) is 43.3 Å². The van der Waals surface area contributed by atoms with Crippen LogP contribution in [0.25, 0.3) is 5.76 Å². The van der Waals surface area contributed by atoms with E-state index < -0.39 is 23.7 Å². The van der Waals surface area contributed by atoms with Gasteiger partial charge in [0.1, 0.15) is 11.5 Å². The van der Waals surface area contributed by atoms with Crippen LogP contribution in [0, 0.1) is 13.8 Å². The van der Waals surface area contributed by atoms with Crippen molar-refractivity contribution in [3.05, 3.63) is 100 Å². The maximum absolute atomic E-state index is 13.4. The number of carbonyl (C=O) groups excluding carboxylic acids is 3. The third-order valence-electron chi connectivity index (χ3n) is 6.19. The molecule has 0 spiro atoms. The Labute approximate surface area is 209 Å². The number of methoxy groups -OCH3 is 1. The van der Waals surface area contributed by atoms with Crippen molar-refractivity contribution < 1.29 is 29.0 Å². The van der Waals surface area contributed by atoms with Crippen LogP contribution in [0.3, 0.4) is 0 Å². The van der Waals surface area contributed by atoms with Crippen molar-refractivity contribution in [2.75, 3.05) is 18.6 Å². The average Bonchev–Trinajstić information content (AvgIpc) is 3.14. The lowest BCUT2D eigenvalue weighted by Crippen LogP contribution is -2.29. The molecule has 4 rings (SSSR count). The number of rotatable bonds is 6. The first-order valence-electron chi connectivity index (χ1n) is 11.6. The van der Waals surface area contributed by atoms with Gasteiger partial charge in [0.15, 0.2) is 0 Å². The van der Waals surface area contributed by atoms with Crippen molar-refractivity contribution in [1.82, 2.24) is 0 Å². The van der Waals surface area contributed by atoms with Gasteiger partial charge in [-0.2, -0.15) is 0 Å². The zero-order valence-corrected chi connectivity index (χ0v) is 20.6. The fourth-order valence-corrected chi connectivity index (χ4v) is 4.41. The minimum atomic E-state index is -0.884. The minimum absolute atomic E-state index is 0.0346. The number of Topliss-reactive ketones (excluding diaryl/α,β-unsaturated/α-hetero) is 1. The van der Waals surface area contributed by atoms with Gasteiger partial charge in [-0.1, -0.05) is 35.9 Å². The second kappa shape index (κ2) is 10.1. The molecule has 1 amide bonds. The van der Waals surface area contributed by atoms with Crippen LogP contribution in [0.15, 0.2) is 72.3 Å². The second-order valence-corrected chi connectivity index (χ2v) is 8.50. The maximum Gasteiger partial charge on any atom is 0.338 e. The Balaban J connectivity index is 1.92.